The van der Waals surface area contributed by atoms with E-state index in [9.17, 15) is 34.4 Å². The third-order valence-corrected chi connectivity index (χ3v) is 6.10. The topological polar surface area (TPSA) is 209 Å². The number of nitrogens with two attached hydrogens (primary N) is 2. The van der Waals surface area contributed by atoms with Crippen LogP contribution in [0, 0.1) is 5.92 Å². The molecule has 2 atom stereocenters. The fourth-order valence-electron chi connectivity index (χ4n) is 3.82. The first kappa shape index (κ1) is 36.4. The first-order valence-corrected chi connectivity index (χ1v) is 13.7. The summed E-state index contributed by atoms with van der Waals surface area (Å²) >= 11 is 0. The minimum Gasteiger partial charge on any atom is -0.370 e. The first-order chi connectivity index (χ1) is 18.5. The van der Waals surface area contributed by atoms with Crippen LogP contribution in [0.2, 0.25) is 0 Å². The molecule has 0 radical (unpaired) electrons. The van der Waals surface area contributed by atoms with Crippen molar-refractivity contribution in [3.05, 3.63) is 0 Å². The maximum Gasteiger partial charge on any atom is 0.249 e. The van der Waals surface area contributed by atoms with Gasteiger partial charge in [-0.25, -0.2) is 10.1 Å². The summed E-state index contributed by atoms with van der Waals surface area (Å²) in [5.41, 5.74) is 13.5. The second kappa shape index (κ2) is 22.2. The minimum atomic E-state index is -0.787. The fourth-order valence-corrected chi connectivity index (χ4v) is 3.82. The van der Waals surface area contributed by atoms with Crippen molar-refractivity contribution >= 4 is 29.9 Å². The molecule has 0 aromatic rings. The Balaban J connectivity index is 4.81. The van der Waals surface area contributed by atoms with Crippen LogP contribution in [0.15, 0.2) is 0 Å². The number of unbranched alkanes of at least 4 members (excludes halogenated alkanes) is 4. The van der Waals surface area contributed by atoms with Crippen LogP contribution in [0.25, 0.3) is 0 Å². The predicted octanol–water partition coefficient (Wildman–Crippen LogP) is 1.04. The molecular weight excluding hydrogens is 512 g/mol. The average molecular weight is 561 g/mol. The van der Waals surface area contributed by atoms with Gasteiger partial charge in [-0.2, -0.15) is 15.5 Å². The van der Waals surface area contributed by atoms with Crippen LogP contribution in [-0.2, 0) is 28.9 Å². The highest BCUT2D eigenvalue weighted by Gasteiger charge is 2.27. The van der Waals surface area contributed by atoms with Gasteiger partial charge in [0.15, 0.2) is 0 Å². The van der Waals surface area contributed by atoms with E-state index in [2.05, 4.69) is 5.48 Å². The maximum absolute atomic E-state index is 12.7. The number of rotatable bonds is 24. The highest BCUT2D eigenvalue weighted by Crippen LogP contribution is 2.19. The summed E-state index contributed by atoms with van der Waals surface area (Å²) in [5, 5.41) is 22.0. The van der Waals surface area contributed by atoms with E-state index in [0.717, 1.165) is 17.9 Å². The molecule has 14 heteroatoms. The lowest BCUT2D eigenvalue weighted by molar-refractivity contribution is -0.229. The number of hydroxylamine groups is 7. The van der Waals surface area contributed by atoms with E-state index in [1.54, 1.807) is 6.92 Å². The number of hydrogen-bond donors (Lipinski definition) is 5. The Labute approximate surface area is 230 Å². The van der Waals surface area contributed by atoms with Crippen LogP contribution in [-0.4, -0.2) is 87.7 Å². The average Bonchev–Trinajstić information content (AvgIpc) is 2.89. The molecule has 39 heavy (non-hydrogen) atoms. The number of nitrogens with one attached hydrogen (secondary N) is 1. The third-order valence-electron chi connectivity index (χ3n) is 6.10. The molecule has 0 aliphatic carbocycles. The number of nitrogens with zero attached hydrogens (tertiary/aromatic N) is 3. The van der Waals surface area contributed by atoms with Gasteiger partial charge in [0.1, 0.15) is 6.29 Å². The Morgan fingerprint density at radius 3 is 2.18 bits per heavy atom. The van der Waals surface area contributed by atoms with E-state index >= 15 is 0 Å². The Hall–Kier alpha value is -2.65. The van der Waals surface area contributed by atoms with Crippen LogP contribution in [0.4, 0.5) is 0 Å². The molecule has 4 amide bonds. The Morgan fingerprint density at radius 2 is 1.59 bits per heavy atom. The molecule has 0 saturated heterocycles. The summed E-state index contributed by atoms with van der Waals surface area (Å²) in [6.45, 7) is 4.34. The number of primary amides is 1. The van der Waals surface area contributed by atoms with Gasteiger partial charge in [0.05, 0.1) is 6.04 Å². The quantitative estimate of drug-likeness (QED) is 0.0490. The molecule has 14 nitrogen and oxygen atoms in total. The van der Waals surface area contributed by atoms with Gasteiger partial charge in [-0.3, -0.25) is 29.6 Å². The van der Waals surface area contributed by atoms with E-state index < -0.39 is 29.7 Å². The van der Waals surface area contributed by atoms with Gasteiger partial charge >= 0.3 is 0 Å². The van der Waals surface area contributed by atoms with Gasteiger partial charge in [-0.1, -0.05) is 19.3 Å². The largest absolute Gasteiger partial charge is 0.370 e. The zero-order valence-corrected chi connectivity index (χ0v) is 23.4. The molecule has 2 unspecified atom stereocenters. The zero-order chi connectivity index (χ0) is 29.6. The van der Waals surface area contributed by atoms with Crippen LogP contribution in [0.1, 0.15) is 90.9 Å². The second-order valence-corrected chi connectivity index (χ2v) is 9.57. The standard InChI is InChI=1S/C25H48N6O8/c1-20(11-9-12-22(19-23(27)34)25(36)30(38)17-7-3-5-14-26)31(24(35)13-10-18-32)39-28-15-6-4-8-16-29(37)21(2)33/h18,20,22,28,37-38H,3-17,19,26H2,1-2H3,(H2,27,34). The van der Waals surface area contributed by atoms with Gasteiger partial charge in [-0.05, 0) is 52.0 Å². The zero-order valence-electron chi connectivity index (χ0n) is 23.4. The molecule has 0 rings (SSSR count). The molecule has 7 N–H and O–H groups in total. The molecule has 0 spiro atoms. The molecule has 0 saturated carbocycles. The molecule has 0 aliphatic rings. The summed E-state index contributed by atoms with van der Waals surface area (Å²) < 4.78 is 0. The van der Waals surface area contributed by atoms with E-state index in [0.29, 0.717) is 68.0 Å². The lowest BCUT2D eigenvalue weighted by Crippen LogP contribution is -2.43. The predicted molar refractivity (Wildman–Crippen MR) is 141 cm³/mol. The van der Waals surface area contributed by atoms with E-state index in [4.69, 9.17) is 16.4 Å². The van der Waals surface area contributed by atoms with Crippen molar-refractivity contribution in [1.29, 1.82) is 0 Å². The molecule has 0 heterocycles. The van der Waals surface area contributed by atoms with Crippen LogP contribution in [0.5, 0.6) is 0 Å². The minimum absolute atomic E-state index is 0.0285. The van der Waals surface area contributed by atoms with Crippen molar-refractivity contribution in [1.82, 2.24) is 20.7 Å². The maximum atomic E-state index is 12.7. The molecule has 0 aliphatic heterocycles. The Kier molecular flexibility index (Phi) is 20.7. The van der Waals surface area contributed by atoms with Crippen LogP contribution in [0.3, 0.4) is 0 Å². The second-order valence-electron chi connectivity index (χ2n) is 9.57. The lowest BCUT2D eigenvalue weighted by Gasteiger charge is -2.28. The molecule has 0 fully saturated rings. The first-order valence-electron chi connectivity index (χ1n) is 13.7. The number of hydrogen-bond acceptors (Lipinski definition) is 10. The number of aldehydes is 1. The summed E-state index contributed by atoms with van der Waals surface area (Å²) in [7, 11) is 0. The van der Waals surface area contributed by atoms with E-state index in [1.807, 2.05) is 0 Å². The van der Waals surface area contributed by atoms with Crippen molar-refractivity contribution in [3.63, 3.8) is 0 Å². The van der Waals surface area contributed by atoms with Crippen molar-refractivity contribution in [2.75, 3.05) is 26.2 Å². The van der Waals surface area contributed by atoms with Crippen molar-refractivity contribution < 1.29 is 39.3 Å². The van der Waals surface area contributed by atoms with Gasteiger partial charge < -0.3 is 16.3 Å². The number of amides is 4. The number of carbonyl (C=O) groups excluding carboxylic acids is 5. The monoisotopic (exact) mass is 560 g/mol. The van der Waals surface area contributed by atoms with Crippen molar-refractivity contribution in [2.24, 2.45) is 17.4 Å². The molecule has 226 valence electrons. The summed E-state index contributed by atoms with van der Waals surface area (Å²) in [6, 6.07) is -0.416. The van der Waals surface area contributed by atoms with Crippen LogP contribution < -0.4 is 16.9 Å². The Morgan fingerprint density at radius 1 is 0.949 bits per heavy atom. The van der Waals surface area contributed by atoms with Crippen LogP contribution >= 0.6 is 0 Å². The summed E-state index contributed by atoms with van der Waals surface area (Å²) in [5.74, 6) is -2.82. The summed E-state index contributed by atoms with van der Waals surface area (Å²) in [6.07, 6.45) is 5.72. The molecular formula is C25H48N6O8. The van der Waals surface area contributed by atoms with E-state index in [1.165, 1.54) is 6.92 Å². The van der Waals surface area contributed by atoms with Gasteiger partial charge in [-0.15, -0.1) is 0 Å². The smallest absolute Gasteiger partial charge is 0.249 e. The van der Waals surface area contributed by atoms with Gasteiger partial charge in [0.2, 0.25) is 23.6 Å². The highest BCUT2D eigenvalue weighted by atomic mass is 16.8. The summed E-state index contributed by atoms with van der Waals surface area (Å²) in [4.78, 5) is 64.0. The fraction of sp³-hybridized carbons (Fsp3) is 0.800. The van der Waals surface area contributed by atoms with Crippen molar-refractivity contribution in [2.45, 2.75) is 96.9 Å². The van der Waals surface area contributed by atoms with Gasteiger partial charge in [0, 0.05) is 51.7 Å². The normalized spacial score (nSPS) is 12.4. The molecule has 0 bridgehead atoms. The molecule has 0 aromatic heterocycles. The lowest BCUT2D eigenvalue weighted by atomic mass is 9.95. The van der Waals surface area contributed by atoms with E-state index in [-0.39, 0.29) is 44.7 Å². The van der Waals surface area contributed by atoms with Crippen molar-refractivity contribution in [3.8, 4) is 0 Å². The highest BCUT2D eigenvalue weighted by molar-refractivity contribution is 5.84. The number of carbonyl (C=O) groups is 5. The Bertz CT molecular complexity index is 741. The van der Waals surface area contributed by atoms with Gasteiger partial charge in [0.25, 0.3) is 0 Å². The molecule has 0 aromatic carbocycles. The third kappa shape index (κ3) is 17.5. The SMILES string of the molecule is CC(=O)N(O)CCCCCNON(C(=O)CCC=O)C(C)CCCC(CC(N)=O)C(=O)N(O)CCCCCN.